The van der Waals surface area contributed by atoms with Crippen LogP contribution in [0.5, 0.6) is 0 Å². The molecule has 194 valence electrons. The average molecular weight is 512 g/mol. The maximum Gasteiger partial charge on any atom is 0.413 e. The molecule has 4 aromatic rings. The monoisotopic (exact) mass is 511 g/mol. The minimum absolute atomic E-state index is 0.232. The summed E-state index contributed by atoms with van der Waals surface area (Å²) >= 11 is 0. The molecule has 0 bridgehead atoms. The maximum atomic E-state index is 12.8. The quantitative estimate of drug-likeness (QED) is 0.294. The van der Waals surface area contributed by atoms with Crippen molar-refractivity contribution in [3.8, 4) is 22.3 Å². The molecule has 0 aliphatic heterocycles. The molecule has 1 atom stereocenters. The third-order valence-electron chi connectivity index (χ3n) is 7.02. The standard InChI is InChI=1S/C30H29N3O5/c1-33-27(32-29(36)38-26(19-37-2)23-6-4-3-5-7-23)25(18-31-33)22-10-8-20(9-11-22)21-12-14-24(15-13-21)30(16-17-30)28(34)35/h3-15,18,26H,16-17,19H2,1-2H3,(H,32,36)(H,34,35). The Hall–Kier alpha value is -4.43. The Balaban J connectivity index is 1.31. The molecule has 1 heterocycles. The number of carboxylic acid groups (broad SMARTS) is 1. The number of carboxylic acids is 1. The van der Waals surface area contributed by atoms with Gasteiger partial charge < -0.3 is 14.6 Å². The number of methoxy groups -OCH3 is 1. The number of nitrogens with zero attached hydrogens (tertiary/aromatic N) is 2. The van der Waals surface area contributed by atoms with Crippen LogP contribution in [-0.2, 0) is 26.7 Å². The number of aliphatic carboxylic acids is 1. The van der Waals surface area contributed by atoms with Crippen LogP contribution >= 0.6 is 0 Å². The number of amides is 1. The number of anilines is 1. The van der Waals surface area contributed by atoms with E-state index in [9.17, 15) is 14.7 Å². The van der Waals surface area contributed by atoms with Crippen LogP contribution in [0, 0.1) is 0 Å². The Morgan fingerprint density at radius 3 is 2.16 bits per heavy atom. The summed E-state index contributed by atoms with van der Waals surface area (Å²) in [6.07, 6.45) is 1.92. The molecule has 2 N–H and O–H groups in total. The molecule has 3 aromatic carbocycles. The lowest BCUT2D eigenvalue weighted by atomic mass is 9.93. The zero-order valence-electron chi connectivity index (χ0n) is 21.3. The SMILES string of the molecule is COCC(OC(=O)Nc1c(-c2ccc(-c3ccc(C4(C(=O)O)CC4)cc3)cc2)cnn1C)c1ccccc1. The summed E-state index contributed by atoms with van der Waals surface area (Å²) in [5, 5.41) is 16.7. The van der Waals surface area contributed by atoms with Gasteiger partial charge in [-0.2, -0.15) is 5.10 Å². The van der Waals surface area contributed by atoms with E-state index in [1.54, 1.807) is 25.0 Å². The molecule has 5 rings (SSSR count). The topological polar surface area (TPSA) is 103 Å². The number of carbonyl (C=O) groups excluding carboxylic acids is 1. The van der Waals surface area contributed by atoms with E-state index in [-0.39, 0.29) is 6.61 Å². The van der Waals surface area contributed by atoms with Crippen molar-refractivity contribution < 1.29 is 24.2 Å². The molecule has 8 nitrogen and oxygen atoms in total. The van der Waals surface area contributed by atoms with Crippen molar-refractivity contribution >= 4 is 17.9 Å². The van der Waals surface area contributed by atoms with E-state index >= 15 is 0 Å². The average Bonchev–Trinajstić information content (AvgIpc) is 3.68. The van der Waals surface area contributed by atoms with E-state index in [4.69, 9.17) is 9.47 Å². The van der Waals surface area contributed by atoms with E-state index in [0.29, 0.717) is 18.7 Å². The van der Waals surface area contributed by atoms with Crippen LogP contribution in [0.25, 0.3) is 22.3 Å². The normalized spacial score (nSPS) is 14.5. The van der Waals surface area contributed by atoms with Crippen LogP contribution in [0.2, 0.25) is 0 Å². The van der Waals surface area contributed by atoms with Crippen LogP contribution in [-0.4, -0.2) is 40.7 Å². The molecular weight excluding hydrogens is 482 g/mol. The zero-order valence-corrected chi connectivity index (χ0v) is 21.3. The Morgan fingerprint density at radius 1 is 0.974 bits per heavy atom. The fourth-order valence-corrected chi connectivity index (χ4v) is 4.64. The predicted molar refractivity (Wildman–Crippen MR) is 144 cm³/mol. The minimum atomic E-state index is -0.756. The number of aryl methyl sites for hydroxylation is 1. The van der Waals surface area contributed by atoms with Gasteiger partial charge in [0.15, 0.2) is 6.10 Å². The van der Waals surface area contributed by atoms with E-state index in [1.165, 1.54) is 0 Å². The second kappa shape index (κ2) is 10.5. The molecule has 1 aliphatic rings. The fraction of sp³-hybridized carbons (Fsp3) is 0.233. The first-order chi connectivity index (χ1) is 18.4. The minimum Gasteiger partial charge on any atom is -0.481 e. The second-order valence-electron chi connectivity index (χ2n) is 9.46. The highest BCUT2D eigenvalue weighted by Gasteiger charge is 2.51. The van der Waals surface area contributed by atoms with E-state index in [1.807, 2.05) is 78.9 Å². The van der Waals surface area contributed by atoms with E-state index in [0.717, 1.165) is 33.4 Å². The third kappa shape index (κ3) is 5.03. The number of hydrogen-bond acceptors (Lipinski definition) is 5. The Labute approximate surface area is 220 Å². The Morgan fingerprint density at radius 2 is 1.58 bits per heavy atom. The van der Waals surface area contributed by atoms with Crippen molar-refractivity contribution in [2.45, 2.75) is 24.4 Å². The first kappa shape index (κ1) is 25.2. The molecule has 0 spiro atoms. The number of benzene rings is 3. The summed E-state index contributed by atoms with van der Waals surface area (Å²) in [6.45, 7) is 0.232. The predicted octanol–water partition coefficient (Wildman–Crippen LogP) is 5.81. The van der Waals surface area contributed by atoms with Crippen molar-refractivity contribution in [2.24, 2.45) is 7.05 Å². The maximum absolute atomic E-state index is 12.8. The molecule has 1 saturated carbocycles. The van der Waals surface area contributed by atoms with Gasteiger partial charge in [0.2, 0.25) is 0 Å². The van der Waals surface area contributed by atoms with Crippen molar-refractivity contribution in [2.75, 3.05) is 19.0 Å². The van der Waals surface area contributed by atoms with Crippen LogP contribution in [0.3, 0.4) is 0 Å². The summed E-state index contributed by atoms with van der Waals surface area (Å²) < 4.78 is 12.5. The molecule has 0 radical (unpaired) electrons. The number of nitrogens with one attached hydrogen (secondary N) is 1. The van der Waals surface area contributed by atoms with E-state index in [2.05, 4.69) is 10.4 Å². The molecule has 1 aliphatic carbocycles. The van der Waals surface area contributed by atoms with Gasteiger partial charge in [-0.25, -0.2) is 4.79 Å². The van der Waals surface area contributed by atoms with Crippen molar-refractivity contribution in [1.82, 2.24) is 9.78 Å². The Bertz CT molecular complexity index is 1430. The number of rotatable bonds is 9. The molecule has 1 unspecified atom stereocenters. The fourth-order valence-electron chi connectivity index (χ4n) is 4.64. The first-order valence-electron chi connectivity index (χ1n) is 12.4. The molecule has 1 aromatic heterocycles. The van der Waals surface area contributed by atoms with Crippen molar-refractivity contribution in [1.29, 1.82) is 0 Å². The number of hydrogen-bond donors (Lipinski definition) is 2. The van der Waals surface area contributed by atoms with Crippen LogP contribution < -0.4 is 5.32 Å². The van der Waals surface area contributed by atoms with Crippen LogP contribution in [0.1, 0.15) is 30.1 Å². The lowest BCUT2D eigenvalue weighted by molar-refractivity contribution is -0.140. The molecule has 8 heteroatoms. The molecule has 1 amide bonds. The summed E-state index contributed by atoms with van der Waals surface area (Å²) in [6, 6.07) is 25.1. The van der Waals surface area contributed by atoms with Gasteiger partial charge in [0.1, 0.15) is 5.82 Å². The lowest BCUT2D eigenvalue weighted by Crippen LogP contribution is -2.21. The van der Waals surface area contributed by atoms with Gasteiger partial charge in [0, 0.05) is 19.7 Å². The molecular formula is C30H29N3O5. The van der Waals surface area contributed by atoms with Gasteiger partial charge in [-0.05, 0) is 40.7 Å². The summed E-state index contributed by atoms with van der Waals surface area (Å²) in [4.78, 5) is 24.4. The molecule has 38 heavy (non-hydrogen) atoms. The number of aromatic nitrogens is 2. The van der Waals surface area contributed by atoms with Gasteiger partial charge in [0.05, 0.1) is 18.2 Å². The smallest absolute Gasteiger partial charge is 0.413 e. The largest absolute Gasteiger partial charge is 0.481 e. The van der Waals surface area contributed by atoms with Crippen LogP contribution in [0.15, 0.2) is 85.1 Å². The van der Waals surface area contributed by atoms with Gasteiger partial charge in [-0.1, -0.05) is 78.9 Å². The van der Waals surface area contributed by atoms with Crippen LogP contribution in [0.4, 0.5) is 10.6 Å². The number of ether oxygens (including phenoxy) is 2. The van der Waals surface area contributed by atoms with Gasteiger partial charge in [-0.3, -0.25) is 14.8 Å². The van der Waals surface area contributed by atoms with Gasteiger partial charge in [0.25, 0.3) is 0 Å². The second-order valence-corrected chi connectivity index (χ2v) is 9.46. The highest BCUT2D eigenvalue weighted by molar-refractivity contribution is 5.90. The summed E-state index contributed by atoms with van der Waals surface area (Å²) in [5.41, 5.74) is 4.62. The highest BCUT2D eigenvalue weighted by atomic mass is 16.6. The zero-order chi connectivity index (χ0) is 26.7. The Kier molecular flexibility index (Phi) is 6.98. The molecule has 1 fully saturated rings. The van der Waals surface area contributed by atoms with E-state index < -0.39 is 23.6 Å². The summed E-state index contributed by atoms with van der Waals surface area (Å²) in [5.74, 6) is -0.242. The van der Waals surface area contributed by atoms with Crippen molar-refractivity contribution in [3.63, 3.8) is 0 Å². The van der Waals surface area contributed by atoms with Crippen molar-refractivity contribution in [3.05, 3.63) is 96.2 Å². The van der Waals surface area contributed by atoms with Gasteiger partial charge in [-0.15, -0.1) is 0 Å². The lowest BCUT2D eigenvalue weighted by Gasteiger charge is -2.18. The molecule has 0 saturated heterocycles. The highest BCUT2D eigenvalue weighted by Crippen LogP contribution is 2.48. The third-order valence-corrected chi connectivity index (χ3v) is 7.02. The first-order valence-corrected chi connectivity index (χ1v) is 12.4. The summed E-state index contributed by atoms with van der Waals surface area (Å²) in [7, 11) is 3.32. The van der Waals surface area contributed by atoms with Gasteiger partial charge >= 0.3 is 12.1 Å². The number of carbonyl (C=O) groups is 2.